The molecule has 0 aliphatic heterocycles. The lowest BCUT2D eigenvalue weighted by Gasteiger charge is -2.30. The van der Waals surface area contributed by atoms with Crippen LogP contribution >= 0.6 is 23.5 Å². The lowest BCUT2D eigenvalue weighted by atomic mass is 10.1. The molecule has 0 radical (unpaired) electrons. The highest BCUT2D eigenvalue weighted by Gasteiger charge is 2.25. The fraction of sp³-hybridized carbons (Fsp3) is 0.917. The van der Waals surface area contributed by atoms with Gasteiger partial charge >= 0.3 is 11.9 Å². The van der Waals surface area contributed by atoms with E-state index >= 15 is 0 Å². The molecule has 0 amide bonds. The summed E-state index contributed by atoms with van der Waals surface area (Å²) in [4.78, 5) is 23.9. The van der Waals surface area contributed by atoms with E-state index in [0.717, 1.165) is 30.1 Å². The Morgan fingerprint density at radius 1 is 0.818 bits per heavy atom. The second-order valence-electron chi connectivity index (χ2n) is 9.60. The summed E-state index contributed by atoms with van der Waals surface area (Å²) < 4.78 is 16.7. The van der Waals surface area contributed by atoms with Crippen molar-refractivity contribution in [3.63, 3.8) is 0 Å². The standard InChI is InChI=1S/C24H48N2O5S2/c1-19(21(27)29-14-11-25-7)17-32-16-10-23(3,4)31-13-9-24(5,6)33-18-20(2)22(28)30-15-12-26-8/h19-20,25-26H,9-18H2,1-8H3. The van der Waals surface area contributed by atoms with Gasteiger partial charge in [0.15, 0.2) is 0 Å². The summed E-state index contributed by atoms with van der Waals surface area (Å²) >= 11 is 3.56. The van der Waals surface area contributed by atoms with E-state index in [2.05, 4.69) is 38.3 Å². The van der Waals surface area contributed by atoms with Crippen molar-refractivity contribution in [2.75, 3.05) is 64.3 Å². The molecule has 0 heterocycles. The Kier molecular flexibility index (Phi) is 17.6. The van der Waals surface area contributed by atoms with Crippen LogP contribution in [0.25, 0.3) is 0 Å². The van der Waals surface area contributed by atoms with Gasteiger partial charge in [-0.15, -0.1) is 0 Å². The molecule has 2 unspecified atom stereocenters. The summed E-state index contributed by atoms with van der Waals surface area (Å²) in [5, 5.41) is 5.93. The highest BCUT2D eigenvalue weighted by molar-refractivity contribution is 8.00. The van der Waals surface area contributed by atoms with Crippen LogP contribution in [0.3, 0.4) is 0 Å². The number of hydrogen-bond donors (Lipinski definition) is 2. The Labute approximate surface area is 210 Å². The quantitative estimate of drug-likeness (QED) is 0.189. The van der Waals surface area contributed by atoms with Crippen molar-refractivity contribution >= 4 is 35.5 Å². The van der Waals surface area contributed by atoms with Crippen LogP contribution in [-0.2, 0) is 23.8 Å². The van der Waals surface area contributed by atoms with Gasteiger partial charge in [-0.05, 0) is 46.5 Å². The zero-order valence-electron chi connectivity index (χ0n) is 22.1. The van der Waals surface area contributed by atoms with Crippen molar-refractivity contribution in [1.82, 2.24) is 10.6 Å². The molecule has 0 fully saturated rings. The monoisotopic (exact) mass is 508 g/mol. The van der Waals surface area contributed by atoms with Gasteiger partial charge in [-0.3, -0.25) is 9.59 Å². The molecule has 33 heavy (non-hydrogen) atoms. The molecule has 0 aromatic heterocycles. The minimum atomic E-state index is -0.214. The van der Waals surface area contributed by atoms with Gasteiger partial charge in [-0.25, -0.2) is 0 Å². The molecule has 7 nitrogen and oxygen atoms in total. The SMILES string of the molecule is CNCCOC(=O)C(C)CSCCC(C)(C)OCCC(C)(C)SCC(C)C(=O)OCCNC. The summed E-state index contributed by atoms with van der Waals surface area (Å²) in [6.07, 6.45) is 1.83. The molecule has 0 aliphatic carbocycles. The third-order valence-electron chi connectivity index (χ3n) is 5.13. The molecule has 196 valence electrons. The first-order valence-corrected chi connectivity index (χ1v) is 14.1. The fourth-order valence-electron chi connectivity index (χ4n) is 2.57. The molecule has 0 saturated heterocycles. The average Bonchev–Trinajstić information content (AvgIpc) is 2.74. The molecule has 0 rings (SSSR count). The predicted octanol–water partition coefficient (Wildman–Crippen LogP) is 3.60. The van der Waals surface area contributed by atoms with Crippen LogP contribution in [0.15, 0.2) is 0 Å². The van der Waals surface area contributed by atoms with Gasteiger partial charge in [0.25, 0.3) is 0 Å². The normalized spacial score (nSPS) is 14.1. The number of likely N-dealkylation sites (N-methyl/N-ethyl adjacent to an activating group) is 2. The van der Waals surface area contributed by atoms with Crippen molar-refractivity contribution in [3.05, 3.63) is 0 Å². The van der Waals surface area contributed by atoms with Crippen LogP contribution in [0.5, 0.6) is 0 Å². The van der Waals surface area contributed by atoms with Crippen molar-refractivity contribution in [2.45, 2.75) is 64.7 Å². The first kappa shape index (κ1) is 32.5. The van der Waals surface area contributed by atoms with Crippen LogP contribution in [0.4, 0.5) is 0 Å². The number of carbonyl (C=O) groups excluding carboxylic acids is 2. The highest BCUT2D eigenvalue weighted by atomic mass is 32.2. The number of thioether (sulfide) groups is 2. The van der Waals surface area contributed by atoms with Crippen LogP contribution in [0.2, 0.25) is 0 Å². The second-order valence-corrected chi connectivity index (χ2v) is 12.5. The Balaban J connectivity index is 4.09. The average molecular weight is 509 g/mol. The smallest absolute Gasteiger partial charge is 0.309 e. The Morgan fingerprint density at radius 3 is 1.85 bits per heavy atom. The van der Waals surface area contributed by atoms with Gasteiger partial charge in [-0.1, -0.05) is 27.7 Å². The zero-order valence-corrected chi connectivity index (χ0v) is 23.7. The minimum Gasteiger partial charge on any atom is -0.464 e. The van der Waals surface area contributed by atoms with E-state index in [1.165, 1.54) is 0 Å². The summed E-state index contributed by atoms with van der Waals surface area (Å²) in [6.45, 7) is 15.3. The lowest BCUT2D eigenvalue weighted by Crippen LogP contribution is -2.29. The van der Waals surface area contributed by atoms with Gasteiger partial charge in [0, 0.05) is 35.9 Å². The lowest BCUT2D eigenvalue weighted by molar-refractivity contribution is -0.147. The van der Waals surface area contributed by atoms with Gasteiger partial charge in [-0.2, -0.15) is 23.5 Å². The maximum atomic E-state index is 12.0. The summed E-state index contributed by atoms with van der Waals surface area (Å²) in [6, 6.07) is 0. The Hall–Kier alpha value is -0.480. The third-order valence-corrected chi connectivity index (χ3v) is 8.02. The second kappa shape index (κ2) is 17.9. The number of esters is 2. The predicted molar refractivity (Wildman–Crippen MR) is 141 cm³/mol. The van der Waals surface area contributed by atoms with Gasteiger partial charge < -0.3 is 24.8 Å². The topological polar surface area (TPSA) is 85.9 Å². The first-order chi connectivity index (χ1) is 15.4. The molecular formula is C24H48N2O5S2. The van der Waals surface area contributed by atoms with Gasteiger partial charge in [0.1, 0.15) is 13.2 Å². The molecule has 0 aromatic rings. The largest absolute Gasteiger partial charge is 0.464 e. The van der Waals surface area contributed by atoms with E-state index in [1.807, 2.05) is 27.9 Å². The molecule has 2 atom stereocenters. The molecule has 0 aliphatic rings. The first-order valence-electron chi connectivity index (χ1n) is 11.9. The maximum absolute atomic E-state index is 12.0. The number of hydrogen-bond acceptors (Lipinski definition) is 9. The highest BCUT2D eigenvalue weighted by Crippen LogP contribution is 2.31. The van der Waals surface area contributed by atoms with E-state index in [0.29, 0.717) is 32.9 Å². The molecule has 0 bridgehead atoms. The molecule has 0 aromatic carbocycles. The summed E-state index contributed by atoms with van der Waals surface area (Å²) in [5.41, 5.74) is -0.214. The van der Waals surface area contributed by atoms with Gasteiger partial charge in [0.05, 0.1) is 17.4 Å². The molecule has 0 spiro atoms. The van der Waals surface area contributed by atoms with Crippen LogP contribution in [0.1, 0.15) is 54.4 Å². The van der Waals surface area contributed by atoms with Crippen molar-refractivity contribution in [2.24, 2.45) is 11.8 Å². The van der Waals surface area contributed by atoms with Crippen molar-refractivity contribution in [3.8, 4) is 0 Å². The number of rotatable bonds is 20. The van der Waals surface area contributed by atoms with Crippen LogP contribution in [0, 0.1) is 11.8 Å². The van der Waals surface area contributed by atoms with Gasteiger partial charge in [0.2, 0.25) is 0 Å². The molecule has 0 saturated carbocycles. The van der Waals surface area contributed by atoms with E-state index in [-0.39, 0.29) is 34.1 Å². The fourth-order valence-corrected chi connectivity index (χ4v) is 4.93. The Bertz CT molecular complexity index is 547. The molecular weight excluding hydrogens is 460 g/mol. The Morgan fingerprint density at radius 2 is 1.33 bits per heavy atom. The molecule has 2 N–H and O–H groups in total. The third kappa shape index (κ3) is 17.6. The van der Waals surface area contributed by atoms with Crippen LogP contribution in [-0.4, -0.2) is 86.6 Å². The maximum Gasteiger partial charge on any atom is 0.309 e. The van der Waals surface area contributed by atoms with E-state index in [4.69, 9.17) is 14.2 Å². The number of nitrogens with one attached hydrogen (secondary N) is 2. The van der Waals surface area contributed by atoms with Crippen LogP contribution < -0.4 is 10.6 Å². The zero-order chi connectivity index (χ0) is 25.3. The summed E-state index contributed by atoms with van der Waals surface area (Å²) in [7, 11) is 3.67. The van der Waals surface area contributed by atoms with E-state index in [1.54, 1.807) is 23.5 Å². The van der Waals surface area contributed by atoms with Crippen molar-refractivity contribution < 1.29 is 23.8 Å². The van der Waals surface area contributed by atoms with E-state index < -0.39 is 0 Å². The molecule has 9 heteroatoms. The minimum absolute atomic E-state index is 0.0213. The number of ether oxygens (including phenoxy) is 3. The van der Waals surface area contributed by atoms with E-state index in [9.17, 15) is 9.59 Å². The van der Waals surface area contributed by atoms with Crippen molar-refractivity contribution in [1.29, 1.82) is 0 Å². The summed E-state index contributed by atoms with van der Waals surface area (Å²) in [5.74, 6) is 1.94. The number of carbonyl (C=O) groups is 2.